The largest absolute Gasteiger partial charge is 0.481 e. The Balaban J connectivity index is 1.47. The number of ether oxygens (including phenoxy) is 16. The molecule has 17 atom stereocenters. The Hall–Kier alpha value is -5.77. The number of aliphatic carboxylic acids is 1. The van der Waals surface area contributed by atoms with Crippen molar-refractivity contribution in [1.29, 1.82) is 0 Å². The van der Waals surface area contributed by atoms with Crippen molar-refractivity contribution in [2.75, 3.05) is 191 Å². The highest BCUT2D eigenvalue weighted by molar-refractivity contribution is 5.92. The number of aliphatic hydroxyl groups is 9. The first kappa shape index (κ1) is 98.4. The molecular weight excluding hydrogens is 1480 g/mol. The Morgan fingerprint density at radius 1 is 0.355 bits per heavy atom. The van der Waals surface area contributed by atoms with Crippen LogP contribution in [0.25, 0.3) is 0 Å². The molecule has 0 bridgehead atoms. The maximum absolute atomic E-state index is 14.2. The lowest BCUT2D eigenvalue weighted by atomic mass is 9.97. The maximum atomic E-state index is 14.2. The molecule has 3 saturated heterocycles. The Bertz CT molecular complexity index is 2570. The molecule has 3 aliphatic rings. The summed E-state index contributed by atoms with van der Waals surface area (Å²) in [4.78, 5) is 113. The molecule has 3 aliphatic heterocycles. The fourth-order valence-corrected chi connectivity index (χ4v) is 10.7. The van der Waals surface area contributed by atoms with Gasteiger partial charge in [0.05, 0.1) is 152 Å². The van der Waals surface area contributed by atoms with Crippen LogP contribution in [0, 0.1) is 0 Å². The lowest BCUT2D eigenvalue weighted by Crippen LogP contribution is -2.64. The van der Waals surface area contributed by atoms with Crippen molar-refractivity contribution in [3.05, 3.63) is 0 Å². The van der Waals surface area contributed by atoms with Crippen molar-refractivity contribution in [3.8, 4) is 0 Å². The molecule has 0 aromatic heterocycles. The van der Waals surface area contributed by atoms with Crippen molar-refractivity contribution in [3.63, 3.8) is 0 Å². The van der Waals surface area contributed by atoms with Crippen molar-refractivity contribution in [1.82, 2.24) is 42.5 Å². The van der Waals surface area contributed by atoms with Crippen LogP contribution in [0.15, 0.2) is 0 Å². The minimum absolute atomic E-state index is 0.0217. The van der Waals surface area contributed by atoms with E-state index in [0.29, 0.717) is 25.7 Å². The van der Waals surface area contributed by atoms with Crippen LogP contribution in [0.1, 0.15) is 78.6 Å². The molecular formula is C67H120N8O35. The normalized spacial score (nSPS) is 24.5. The Morgan fingerprint density at radius 2 is 0.682 bits per heavy atom. The van der Waals surface area contributed by atoms with Crippen LogP contribution in [0.5, 0.6) is 0 Å². The summed E-state index contributed by atoms with van der Waals surface area (Å²) in [5.41, 5.74) is 0. The number of hydrogen-bond donors (Lipinski definition) is 18. The first-order valence-corrected chi connectivity index (χ1v) is 36.9. The highest BCUT2D eigenvalue weighted by atomic mass is 16.7. The van der Waals surface area contributed by atoms with Crippen LogP contribution in [0.2, 0.25) is 0 Å². The molecule has 8 amide bonds. The Labute approximate surface area is 637 Å². The standard InChI is InChI=1S/C67H120N8O35/c1-4-49(81)75-56-62(92)59(89)48(38-78)110-67(56)107-35-32-101-22-19-97-25-27-102-39-50(82)68-13-7-5-10-44(63(93)70-15-9-16-95-17-12-53(85)86)74-64(94)45(73-52(84)41-104-29-26-98-20-23-100-31-34-106-66-55(72-43(3)80)61(91)58(88)47(37-77)109-66)11-6-8-14-69-51(83)40-103-28-24-96-18-21-99-30-33-105-65-54(71-42(2)79)60(90)57(87)46(36-76)108-65/h44-48,54-62,65-67,76-78,87-92H,4-41H2,1-3H3,(H,68,82)(H,69,83)(H,70,93)(H,71,79)(H,72,80)(H,73,84)(H,74,94)(H,75,81)(H,85,86)/t44-,45-,46+,47+,48+,54+,55+,56+,57-,58-,59-,60+,61+,62+,65+,66+,67+/m0/s1. The van der Waals surface area contributed by atoms with E-state index in [4.69, 9.17) is 80.9 Å². The van der Waals surface area contributed by atoms with Gasteiger partial charge in [-0.05, 0) is 44.9 Å². The fraction of sp³-hybridized carbons (Fsp3) is 0.866. The summed E-state index contributed by atoms with van der Waals surface area (Å²) in [5.74, 6) is -5.29. The molecule has 43 heteroatoms. The summed E-state index contributed by atoms with van der Waals surface area (Å²) in [7, 11) is 0. The van der Waals surface area contributed by atoms with E-state index in [1.54, 1.807) is 6.92 Å². The molecule has 0 radical (unpaired) electrons. The van der Waals surface area contributed by atoms with Crippen LogP contribution in [-0.2, 0) is 119 Å². The van der Waals surface area contributed by atoms with Gasteiger partial charge in [0, 0.05) is 46.5 Å². The van der Waals surface area contributed by atoms with Crippen molar-refractivity contribution < 1.29 is 170 Å². The highest BCUT2D eigenvalue weighted by Crippen LogP contribution is 2.25. The first-order chi connectivity index (χ1) is 53.0. The number of hydrogen-bond acceptors (Lipinski definition) is 34. The van der Waals surface area contributed by atoms with Crippen LogP contribution in [-0.4, -0.2) is 400 Å². The third-order valence-electron chi connectivity index (χ3n) is 16.5. The minimum atomic E-state index is -1.48. The topological polar surface area (TPSA) is 600 Å². The molecule has 0 saturated carbocycles. The van der Waals surface area contributed by atoms with E-state index in [2.05, 4.69) is 42.5 Å². The molecule has 0 aromatic carbocycles. The summed E-state index contributed by atoms with van der Waals surface area (Å²) in [6, 6.07) is -5.65. The average Bonchev–Trinajstić information content (AvgIpc) is 0.820. The number of carbonyl (C=O) groups is 9. The van der Waals surface area contributed by atoms with E-state index < -0.39 is 184 Å². The summed E-state index contributed by atoms with van der Waals surface area (Å²) in [6.45, 7) is 2.94. The van der Waals surface area contributed by atoms with Gasteiger partial charge in [0.25, 0.3) is 0 Å². The molecule has 18 N–H and O–H groups in total. The molecule has 3 heterocycles. The van der Waals surface area contributed by atoms with E-state index >= 15 is 0 Å². The van der Waals surface area contributed by atoms with Gasteiger partial charge in [0.1, 0.15) is 105 Å². The lowest BCUT2D eigenvalue weighted by molar-refractivity contribution is -0.272. The molecule has 3 fully saturated rings. The fourth-order valence-electron chi connectivity index (χ4n) is 10.7. The summed E-state index contributed by atoms with van der Waals surface area (Å²) < 4.78 is 88.2. The van der Waals surface area contributed by atoms with Gasteiger partial charge in [-0.1, -0.05) is 6.92 Å². The third kappa shape index (κ3) is 41.8. The molecule has 43 nitrogen and oxygen atoms in total. The number of nitrogens with one attached hydrogen (secondary N) is 8. The maximum Gasteiger partial charge on any atom is 0.305 e. The van der Waals surface area contributed by atoms with Crippen LogP contribution < -0.4 is 42.5 Å². The lowest BCUT2D eigenvalue weighted by Gasteiger charge is -2.42. The number of amides is 8. The van der Waals surface area contributed by atoms with Gasteiger partial charge < -0.3 is 169 Å². The number of carbonyl (C=O) groups excluding carboxylic acids is 8. The van der Waals surface area contributed by atoms with E-state index in [-0.39, 0.29) is 197 Å². The van der Waals surface area contributed by atoms with E-state index in [0.717, 1.165) is 0 Å². The summed E-state index contributed by atoms with van der Waals surface area (Å²) >= 11 is 0. The molecule has 0 aromatic rings. The van der Waals surface area contributed by atoms with Gasteiger partial charge in [-0.15, -0.1) is 0 Å². The third-order valence-corrected chi connectivity index (χ3v) is 16.5. The van der Waals surface area contributed by atoms with Crippen LogP contribution in [0.3, 0.4) is 0 Å². The van der Waals surface area contributed by atoms with Crippen molar-refractivity contribution >= 4 is 53.2 Å². The molecule has 0 aliphatic carbocycles. The second-order valence-electron chi connectivity index (χ2n) is 25.2. The van der Waals surface area contributed by atoms with Crippen LogP contribution >= 0.6 is 0 Å². The molecule has 110 heavy (non-hydrogen) atoms. The monoisotopic (exact) mass is 1600 g/mol. The Kier molecular flexibility index (Phi) is 53.6. The number of rotatable bonds is 64. The number of aliphatic hydroxyl groups excluding tert-OH is 9. The molecule has 0 unspecified atom stereocenters. The molecule has 3 rings (SSSR count). The number of unbranched alkanes of at least 4 members (excludes halogenated alkanes) is 2. The van der Waals surface area contributed by atoms with E-state index in [1.807, 2.05) is 0 Å². The van der Waals surface area contributed by atoms with Gasteiger partial charge in [-0.2, -0.15) is 0 Å². The zero-order valence-electron chi connectivity index (χ0n) is 62.9. The van der Waals surface area contributed by atoms with Crippen molar-refractivity contribution in [2.24, 2.45) is 0 Å². The first-order valence-electron chi connectivity index (χ1n) is 36.9. The number of carboxylic acid groups (broad SMARTS) is 1. The summed E-state index contributed by atoms with van der Waals surface area (Å²) in [5, 5.41) is 121. The van der Waals surface area contributed by atoms with Crippen LogP contribution in [0.4, 0.5) is 0 Å². The zero-order valence-corrected chi connectivity index (χ0v) is 62.9. The predicted octanol–water partition coefficient (Wildman–Crippen LogP) is -9.05. The minimum Gasteiger partial charge on any atom is -0.481 e. The number of carboxylic acids is 1. The van der Waals surface area contributed by atoms with E-state index in [9.17, 15) is 89.1 Å². The summed E-state index contributed by atoms with van der Waals surface area (Å²) in [6.07, 6.45) is -14.1. The zero-order chi connectivity index (χ0) is 80.9. The van der Waals surface area contributed by atoms with Gasteiger partial charge in [0.2, 0.25) is 47.3 Å². The average molecular weight is 1600 g/mol. The smallest absolute Gasteiger partial charge is 0.305 e. The highest BCUT2D eigenvalue weighted by Gasteiger charge is 2.48. The molecule has 638 valence electrons. The van der Waals surface area contributed by atoms with Crippen molar-refractivity contribution in [2.45, 2.75) is 183 Å². The predicted molar refractivity (Wildman–Crippen MR) is 374 cm³/mol. The second-order valence-corrected chi connectivity index (χ2v) is 25.2. The second kappa shape index (κ2) is 59.9. The Morgan fingerprint density at radius 3 is 1.04 bits per heavy atom. The molecule has 0 spiro atoms. The SMILES string of the molecule is CCC(=O)N[C@H]1[C@H](OCCOCCOCCOCC(=O)NCCCC[C@H](NC(=O)[C@H](CCCCNC(=O)COCCOCCOCCO[C@@H]2O[C@H](CO)[C@H](O)[C@H](O)[C@H]2NC(C)=O)NC(=O)COCCOCCOCCO[C@@H]2O[C@H](CO)[C@H](O)[C@H](O)[C@H]2NC(C)=O)C(=O)NCCCOCCC(=O)O)O[C@H](CO)[C@H](O)[C@@H]1O. The quantitative estimate of drug-likeness (QED) is 0.0252. The van der Waals surface area contributed by atoms with Gasteiger partial charge >= 0.3 is 5.97 Å². The van der Waals surface area contributed by atoms with Gasteiger partial charge in [-0.3, -0.25) is 43.2 Å². The van der Waals surface area contributed by atoms with Gasteiger partial charge in [0.15, 0.2) is 18.9 Å². The van der Waals surface area contributed by atoms with Gasteiger partial charge in [-0.25, -0.2) is 0 Å². The van der Waals surface area contributed by atoms with E-state index in [1.165, 1.54) is 13.8 Å².